The Morgan fingerprint density at radius 1 is 1.07 bits per heavy atom. The minimum atomic E-state index is -0.592. The van der Waals surface area contributed by atoms with E-state index in [0.29, 0.717) is 24.2 Å². The highest BCUT2D eigenvalue weighted by molar-refractivity contribution is 6.35. The van der Waals surface area contributed by atoms with E-state index in [4.69, 9.17) is 0 Å². The summed E-state index contributed by atoms with van der Waals surface area (Å²) >= 11 is 0. The molecule has 1 aromatic heterocycles. The first-order chi connectivity index (χ1) is 14.5. The highest BCUT2D eigenvalue weighted by Gasteiger charge is 2.30. The van der Waals surface area contributed by atoms with E-state index in [1.54, 1.807) is 19.2 Å². The van der Waals surface area contributed by atoms with Gasteiger partial charge in [0.2, 0.25) is 0 Å². The number of rotatable bonds is 5. The number of piperazine rings is 1. The van der Waals surface area contributed by atoms with Gasteiger partial charge in [0.15, 0.2) is 0 Å². The third-order valence-electron chi connectivity index (χ3n) is 5.39. The number of fused-ring (bicyclic) bond motifs is 1. The molecule has 30 heavy (non-hydrogen) atoms. The molecule has 0 bridgehead atoms. The lowest BCUT2D eigenvalue weighted by Crippen LogP contribution is -2.52. The van der Waals surface area contributed by atoms with Gasteiger partial charge in [-0.25, -0.2) is 9.37 Å². The van der Waals surface area contributed by atoms with E-state index in [9.17, 15) is 14.0 Å². The third kappa shape index (κ3) is 3.70. The van der Waals surface area contributed by atoms with Crippen LogP contribution in [0.2, 0.25) is 0 Å². The van der Waals surface area contributed by atoms with E-state index in [1.807, 2.05) is 36.4 Å². The molecule has 0 saturated carbocycles. The van der Waals surface area contributed by atoms with Crippen LogP contribution in [0.4, 0.5) is 4.39 Å². The van der Waals surface area contributed by atoms with Crippen LogP contribution in [0.25, 0.3) is 23.2 Å². The molecule has 2 amide bonds. The van der Waals surface area contributed by atoms with Gasteiger partial charge in [0.1, 0.15) is 11.6 Å². The molecule has 0 unspecified atom stereocenters. The van der Waals surface area contributed by atoms with Gasteiger partial charge < -0.3 is 14.4 Å². The summed E-state index contributed by atoms with van der Waals surface area (Å²) < 4.78 is 16.8. The van der Waals surface area contributed by atoms with Crippen molar-refractivity contribution in [3.63, 3.8) is 0 Å². The molecule has 1 saturated heterocycles. The van der Waals surface area contributed by atoms with Crippen molar-refractivity contribution < 1.29 is 14.0 Å². The van der Waals surface area contributed by atoms with E-state index < -0.39 is 17.6 Å². The van der Waals surface area contributed by atoms with E-state index >= 15 is 0 Å². The molecular weight excluding hydrogens is 383 g/mol. The molecule has 0 atom stereocenters. The predicted molar refractivity (Wildman–Crippen MR) is 114 cm³/mol. The summed E-state index contributed by atoms with van der Waals surface area (Å²) in [5.41, 5.74) is 3.07. The molecule has 2 aromatic carbocycles. The molecule has 0 aliphatic carbocycles. The van der Waals surface area contributed by atoms with Gasteiger partial charge in [0.25, 0.3) is 0 Å². The van der Waals surface area contributed by atoms with Crippen LogP contribution in [0.5, 0.6) is 0 Å². The van der Waals surface area contributed by atoms with Crippen LogP contribution in [0.3, 0.4) is 0 Å². The molecular formula is C23H23FN4O2. The van der Waals surface area contributed by atoms with Crippen molar-refractivity contribution in [1.82, 2.24) is 19.4 Å². The number of hydrogen-bond donors (Lipinski definition) is 0. The van der Waals surface area contributed by atoms with Gasteiger partial charge in [-0.2, -0.15) is 0 Å². The van der Waals surface area contributed by atoms with Gasteiger partial charge >= 0.3 is 11.8 Å². The zero-order valence-electron chi connectivity index (χ0n) is 17.0. The van der Waals surface area contributed by atoms with Crippen molar-refractivity contribution in [3.8, 4) is 0 Å². The van der Waals surface area contributed by atoms with E-state index in [0.717, 1.165) is 23.4 Å². The van der Waals surface area contributed by atoms with Crippen molar-refractivity contribution >= 4 is 35.0 Å². The van der Waals surface area contributed by atoms with E-state index in [1.165, 1.54) is 15.9 Å². The number of para-hydroxylation sites is 2. The topological polar surface area (TPSA) is 58.4 Å². The molecule has 0 spiro atoms. The Balaban J connectivity index is 1.53. The molecule has 2 heterocycles. The number of imidazole rings is 1. The van der Waals surface area contributed by atoms with Crippen molar-refractivity contribution in [2.75, 3.05) is 20.1 Å². The fraction of sp³-hybridized carbons (Fsp3) is 0.261. The molecule has 154 valence electrons. The predicted octanol–water partition coefficient (Wildman–Crippen LogP) is 3.17. The number of carbonyl (C=O) groups excluding carboxylic acids is 2. The monoisotopic (exact) mass is 406 g/mol. The Labute approximate surface area is 174 Å². The molecule has 1 aliphatic heterocycles. The van der Waals surface area contributed by atoms with Crippen LogP contribution in [0.15, 0.2) is 42.5 Å². The average molecular weight is 406 g/mol. The zero-order chi connectivity index (χ0) is 21.3. The van der Waals surface area contributed by atoms with Gasteiger partial charge in [-0.1, -0.05) is 30.3 Å². The summed E-state index contributed by atoms with van der Waals surface area (Å²) in [5.74, 6) is -0.740. The largest absolute Gasteiger partial charge is 0.336 e. The standard InChI is InChI=1S/C23H23FN4O2/c1-3-28-20-7-5-4-6-19(20)25-21(28)11-9-16-8-10-17(18(24)14-16)15-27-13-12-26(2)22(29)23(27)30/h4-11,14H,3,12-13,15H2,1-2H3/b11-9+. The van der Waals surface area contributed by atoms with Crippen LogP contribution in [-0.4, -0.2) is 51.3 Å². The van der Waals surface area contributed by atoms with Crippen LogP contribution in [0, 0.1) is 5.82 Å². The summed E-state index contributed by atoms with van der Waals surface area (Å²) in [7, 11) is 1.59. The first-order valence-electron chi connectivity index (χ1n) is 9.94. The molecule has 1 aliphatic rings. The van der Waals surface area contributed by atoms with E-state index in [2.05, 4.69) is 16.5 Å². The third-order valence-corrected chi connectivity index (χ3v) is 5.39. The Morgan fingerprint density at radius 2 is 1.87 bits per heavy atom. The number of aromatic nitrogens is 2. The van der Waals surface area contributed by atoms with Crippen molar-refractivity contribution in [3.05, 3.63) is 65.2 Å². The number of aryl methyl sites for hydroxylation is 1. The number of nitrogens with zero attached hydrogens (tertiary/aromatic N) is 4. The summed E-state index contributed by atoms with van der Waals surface area (Å²) in [5, 5.41) is 0. The molecule has 1 fully saturated rings. The summed E-state index contributed by atoms with van der Waals surface area (Å²) in [6, 6.07) is 12.8. The maximum Gasteiger partial charge on any atom is 0.312 e. The first-order valence-corrected chi connectivity index (χ1v) is 9.94. The SMILES string of the molecule is CCn1c(/C=C/c2ccc(CN3CCN(C)C(=O)C3=O)c(F)c2)nc2ccccc21. The molecule has 0 N–H and O–H groups in total. The van der Waals surface area contributed by atoms with Crippen molar-refractivity contribution in [2.24, 2.45) is 0 Å². The maximum absolute atomic E-state index is 14.7. The smallest absolute Gasteiger partial charge is 0.312 e. The lowest BCUT2D eigenvalue weighted by molar-refractivity contribution is -0.155. The molecule has 7 heteroatoms. The quantitative estimate of drug-likeness (QED) is 0.612. The average Bonchev–Trinajstić information content (AvgIpc) is 3.11. The second-order valence-electron chi connectivity index (χ2n) is 7.34. The van der Waals surface area contributed by atoms with Gasteiger partial charge in [0, 0.05) is 38.8 Å². The van der Waals surface area contributed by atoms with Gasteiger partial charge in [-0.3, -0.25) is 9.59 Å². The molecule has 3 aromatic rings. The van der Waals surface area contributed by atoms with Crippen LogP contribution < -0.4 is 0 Å². The number of likely N-dealkylation sites (N-methyl/N-ethyl adjacent to an activating group) is 1. The fourth-order valence-corrected chi connectivity index (χ4v) is 3.65. The lowest BCUT2D eigenvalue weighted by atomic mass is 10.1. The molecule has 6 nitrogen and oxygen atoms in total. The fourth-order valence-electron chi connectivity index (χ4n) is 3.65. The highest BCUT2D eigenvalue weighted by Crippen LogP contribution is 2.19. The number of hydrogen-bond acceptors (Lipinski definition) is 3. The summed E-state index contributed by atoms with van der Waals surface area (Å²) in [6.45, 7) is 3.77. The summed E-state index contributed by atoms with van der Waals surface area (Å²) in [4.78, 5) is 31.3. The van der Waals surface area contributed by atoms with Gasteiger partial charge in [0.05, 0.1) is 11.0 Å². The minimum absolute atomic E-state index is 0.0832. The van der Waals surface area contributed by atoms with Crippen molar-refractivity contribution in [2.45, 2.75) is 20.0 Å². The first kappa shape index (κ1) is 19.8. The zero-order valence-corrected chi connectivity index (χ0v) is 17.0. The van der Waals surface area contributed by atoms with Gasteiger partial charge in [-0.15, -0.1) is 0 Å². The lowest BCUT2D eigenvalue weighted by Gasteiger charge is -2.31. The minimum Gasteiger partial charge on any atom is -0.336 e. The number of halogens is 1. The Bertz CT molecular complexity index is 1150. The summed E-state index contributed by atoms with van der Waals surface area (Å²) in [6.07, 6.45) is 3.70. The molecule has 4 rings (SSSR count). The molecule has 0 radical (unpaired) electrons. The van der Waals surface area contributed by atoms with Crippen molar-refractivity contribution in [1.29, 1.82) is 0 Å². The number of amides is 2. The normalized spacial score (nSPS) is 15.0. The van der Waals surface area contributed by atoms with Crippen LogP contribution >= 0.6 is 0 Å². The second-order valence-corrected chi connectivity index (χ2v) is 7.34. The number of carbonyl (C=O) groups is 2. The van der Waals surface area contributed by atoms with E-state index in [-0.39, 0.29) is 6.54 Å². The maximum atomic E-state index is 14.7. The van der Waals surface area contributed by atoms with Gasteiger partial charge in [-0.05, 0) is 36.8 Å². The van der Waals surface area contributed by atoms with Crippen LogP contribution in [0.1, 0.15) is 23.9 Å². The highest BCUT2D eigenvalue weighted by atomic mass is 19.1. The van der Waals surface area contributed by atoms with Crippen LogP contribution in [-0.2, 0) is 22.7 Å². The second kappa shape index (κ2) is 8.10. The Hall–Kier alpha value is -3.48. The Kier molecular flexibility index (Phi) is 5.35. The Morgan fingerprint density at radius 3 is 2.63 bits per heavy atom. The number of benzene rings is 2.